The predicted molar refractivity (Wildman–Crippen MR) is 85.6 cm³/mol. The van der Waals surface area contributed by atoms with Crippen LogP contribution < -0.4 is 20.8 Å². The second-order valence-corrected chi connectivity index (χ2v) is 4.18. The zero-order valence-corrected chi connectivity index (χ0v) is 16.2. The number of nitrogens with one attached hydrogen (secondary N) is 2. The van der Waals surface area contributed by atoms with Crippen molar-refractivity contribution >= 4 is 50.6 Å². The van der Waals surface area contributed by atoms with Gasteiger partial charge >= 0.3 is 27.3 Å². The Morgan fingerprint density at radius 1 is 0.696 bits per heavy atom. The van der Waals surface area contributed by atoms with Crippen LogP contribution in [0.2, 0.25) is 0 Å². The van der Waals surface area contributed by atoms with E-state index >= 15 is 0 Å². The van der Waals surface area contributed by atoms with E-state index in [0.717, 1.165) is 11.4 Å². The minimum absolute atomic E-state index is 0. The van der Waals surface area contributed by atoms with E-state index in [0.29, 0.717) is 0 Å². The molecule has 0 bridgehead atoms. The van der Waals surface area contributed by atoms with E-state index in [1.54, 1.807) is 24.3 Å². The average Bonchev–Trinajstić information content (AvgIpc) is 2.53. The average molecular weight is 508 g/mol. The zero-order valence-electron chi connectivity index (χ0n) is 12.3. The first-order valence-electron chi connectivity index (χ1n) is 6.55. The Bertz CT molecular complexity index is 526. The zero-order chi connectivity index (χ0) is 16.2. The van der Waals surface area contributed by atoms with Crippen molar-refractivity contribution in [3.05, 3.63) is 60.7 Å². The summed E-state index contributed by atoms with van der Waals surface area (Å²) in [7, 11) is 0. The summed E-state index contributed by atoms with van der Waals surface area (Å²) < 4.78 is 0. The maximum absolute atomic E-state index is 10.00. The molecule has 0 aliphatic carbocycles. The van der Waals surface area contributed by atoms with Gasteiger partial charge in [-0.15, -0.1) is 0 Å². The largest absolute Gasteiger partial charge is 2.00 e. The number of carboxylic acids is 2. The van der Waals surface area contributed by atoms with Crippen molar-refractivity contribution in [1.82, 2.24) is 0 Å². The van der Waals surface area contributed by atoms with E-state index in [4.69, 9.17) is 0 Å². The molecule has 2 rings (SSSR count). The molecule has 0 aromatic heterocycles. The Morgan fingerprint density at radius 2 is 1.00 bits per heavy atom. The van der Waals surface area contributed by atoms with Crippen molar-refractivity contribution in [1.29, 1.82) is 0 Å². The van der Waals surface area contributed by atoms with Crippen molar-refractivity contribution in [2.45, 2.75) is 0 Å². The van der Waals surface area contributed by atoms with Crippen LogP contribution in [0.25, 0.3) is 0 Å². The summed E-state index contributed by atoms with van der Waals surface area (Å²) in [5, 5.41) is 25.4. The third-order valence-corrected chi connectivity index (χ3v) is 2.42. The molecule has 0 saturated heterocycles. The van der Waals surface area contributed by atoms with E-state index in [-0.39, 0.29) is 40.4 Å². The summed E-state index contributed by atoms with van der Waals surface area (Å²) >= 11 is 0. The molecular formula is C16H16N2O4Pb. The fraction of sp³-hybridized carbons (Fsp3) is 0.125. The summed E-state index contributed by atoms with van der Waals surface area (Å²) in [4.78, 5) is 20.0. The first-order chi connectivity index (χ1) is 10.6. The topological polar surface area (TPSA) is 104 Å². The van der Waals surface area contributed by atoms with Crippen molar-refractivity contribution < 1.29 is 19.8 Å². The molecule has 2 N–H and O–H groups in total. The van der Waals surface area contributed by atoms with Crippen LogP contribution in [0.1, 0.15) is 0 Å². The number of hydrogen-bond acceptors (Lipinski definition) is 6. The van der Waals surface area contributed by atoms with E-state index in [1.165, 1.54) is 0 Å². The minimum Gasteiger partial charge on any atom is -0.548 e. The van der Waals surface area contributed by atoms with Gasteiger partial charge < -0.3 is 30.4 Å². The summed E-state index contributed by atoms with van der Waals surface area (Å²) in [5.41, 5.74) is 1.58. The van der Waals surface area contributed by atoms with Gasteiger partial charge in [-0.05, 0) is 24.3 Å². The third-order valence-electron chi connectivity index (χ3n) is 2.42. The smallest absolute Gasteiger partial charge is 0.548 e. The van der Waals surface area contributed by atoms with Crippen LogP contribution in [0.3, 0.4) is 0 Å². The number of carbonyl (C=O) groups is 2. The van der Waals surface area contributed by atoms with Gasteiger partial charge in [0, 0.05) is 11.4 Å². The summed E-state index contributed by atoms with van der Waals surface area (Å²) in [6.45, 7) is -0.298. The van der Waals surface area contributed by atoms with Gasteiger partial charge in [0.2, 0.25) is 0 Å². The molecule has 0 spiro atoms. The molecule has 0 fully saturated rings. The van der Waals surface area contributed by atoms with E-state index in [2.05, 4.69) is 10.6 Å². The summed E-state index contributed by atoms with van der Waals surface area (Å²) in [5.74, 6) is -2.21. The number of aliphatic carboxylic acids is 2. The molecule has 0 amide bonds. The van der Waals surface area contributed by atoms with Crippen LogP contribution in [-0.2, 0) is 9.59 Å². The first-order valence-corrected chi connectivity index (χ1v) is 6.55. The number of carboxylic acid groups (broad SMARTS) is 2. The number of benzene rings is 2. The van der Waals surface area contributed by atoms with Crippen molar-refractivity contribution in [2.75, 3.05) is 23.7 Å². The summed E-state index contributed by atoms with van der Waals surface area (Å²) in [6, 6.07) is 18.2. The first kappa shape index (κ1) is 20.9. The minimum atomic E-state index is -1.10. The molecule has 0 unspecified atom stereocenters. The molecule has 0 aliphatic rings. The van der Waals surface area contributed by atoms with Gasteiger partial charge in [-0.2, -0.15) is 0 Å². The van der Waals surface area contributed by atoms with Crippen molar-refractivity contribution in [2.24, 2.45) is 0 Å². The fourth-order valence-corrected chi connectivity index (χ4v) is 1.46. The predicted octanol–water partition coefficient (Wildman–Crippen LogP) is -0.684. The normalized spacial score (nSPS) is 8.70. The molecule has 0 atom stereocenters. The maximum Gasteiger partial charge on any atom is 2.00 e. The quantitative estimate of drug-likeness (QED) is 0.502. The van der Waals surface area contributed by atoms with Gasteiger partial charge in [-0.25, -0.2) is 0 Å². The molecule has 2 aromatic rings. The third kappa shape index (κ3) is 11.2. The molecule has 0 saturated carbocycles. The van der Waals surface area contributed by atoms with Gasteiger partial charge in [0.1, 0.15) is 0 Å². The van der Waals surface area contributed by atoms with Crippen LogP contribution in [0.4, 0.5) is 11.4 Å². The molecule has 118 valence electrons. The fourth-order valence-electron chi connectivity index (χ4n) is 1.46. The van der Waals surface area contributed by atoms with Crippen LogP contribution in [0.5, 0.6) is 0 Å². The van der Waals surface area contributed by atoms with Crippen LogP contribution >= 0.6 is 0 Å². The second kappa shape index (κ2) is 12.4. The Labute approximate surface area is 154 Å². The Balaban J connectivity index is 0.000000403. The second-order valence-electron chi connectivity index (χ2n) is 4.18. The summed E-state index contributed by atoms with van der Waals surface area (Å²) in [6.07, 6.45) is 0. The van der Waals surface area contributed by atoms with Gasteiger partial charge in [0.05, 0.1) is 25.0 Å². The molecule has 6 nitrogen and oxygen atoms in total. The maximum atomic E-state index is 10.00. The van der Waals surface area contributed by atoms with Crippen LogP contribution in [-0.4, -0.2) is 52.3 Å². The number of hydrogen-bond donors (Lipinski definition) is 2. The van der Waals surface area contributed by atoms with Crippen molar-refractivity contribution in [3.63, 3.8) is 0 Å². The molecule has 2 aromatic carbocycles. The van der Waals surface area contributed by atoms with Crippen LogP contribution in [0.15, 0.2) is 60.7 Å². The van der Waals surface area contributed by atoms with Gasteiger partial charge in [-0.3, -0.25) is 0 Å². The van der Waals surface area contributed by atoms with Gasteiger partial charge in [0.25, 0.3) is 0 Å². The number of carbonyl (C=O) groups excluding carboxylic acids is 2. The number of para-hydroxylation sites is 2. The van der Waals surface area contributed by atoms with E-state index in [9.17, 15) is 19.8 Å². The van der Waals surface area contributed by atoms with Gasteiger partial charge in [-0.1, -0.05) is 36.4 Å². The molecule has 0 heterocycles. The molecule has 2 radical (unpaired) electrons. The number of anilines is 2. The monoisotopic (exact) mass is 508 g/mol. The SMILES string of the molecule is O=C([O-])CNc1ccccc1.O=C([O-])CNc1ccccc1.[Pb+2]. The number of rotatable bonds is 6. The Hall–Kier alpha value is -2.10. The Kier molecular flexibility index (Phi) is 11.3. The van der Waals surface area contributed by atoms with Crippen LogP contribution in [0, 0.1) is 0 Å². The van der Waals surface area contributed by atoms with E-state index in [1.807, 2.05) is 36.4 Å². The molecule has 0 aliphatic heterocycles. The van der Waals surface area contributed by atoms with E-state index < -0.39 is 11.9 Å². The standard InChI is InChI=1S/2C8H9NO2.Pb/c2*10-8(11)6-9-7-4-2-1-3-5-7;/h2*1-5,9H,6H2,(H,10,11);/q;;+2/p-2. The molecule has 23 heavy (non-hydrogen) atoms. The van der Waals surface area contributed by atoms with Gasteiger partial charge in [0.15, 0.2) is 0 Å². The van der Waals surface area contributed by atoms with Crippen molar-refractivity contribution in [3.8, 4) is 0 Å². The molecular weight excluding hydrogens is 491 g/mol. The Morgan fingerprint density at radius 3 is 1.26 bits per heavy atom. The molecule has 7 heteroatoms.